The molecule has 0 saturated carbocycles. The summed E-state index contributed by atoms with van der Waals surface area (Å²) in [6.45, 7) is 1.91. The summed E-state index contributed by atoms with van der Waals surface area (Å²) >= 11 is 7.45. The third kappa shape index (κ3) is 3.60. The van der Waals surface area contributed by atoms with E-state index in [-0.39, 0.29) is 17.2 Å². The molecule has 3 aromatic rings. The van der Waals surface area contributed by atoms with Crippen molar-refractivity contribution in [1.29, 1.82) is 0 Å². The predicted octanol–water partition coefficient (Wildman–Crippen LogP) is 4.89. The van der Waals surface area contributed by atoms with Gasteiger partial charge in [-0.3, -0.25) is 4.79 Å². The Labute approximate surface area is 161 Å². The van der Waals surface area contributed by atoms with Crippen molar-refractivity contribution in [3.05, 3.63) is 58.6 Å². The van der Waals surface area contributed by atoms with Gasteiger partial charge in [0.1, 0.15) is 0 Å². The lowest BCUT2D eigenvalue weighted by atomic mass is 9.88. The van der Waals surface area contributed by atoms with Gasteiger partial charge in [0.05, 0.1) is 22.3 Å². The van der Waals surface area contributed by atoms with Crippen molar-refractivity contribution in [3.63, 3.8) is 0 Å². The quantitative estimate of drug-likeness (QED) is 0.628. The standard InChI is InChI=1S/C20H20ClN3OS/c1-12(26-20-23-17-10-9-14(21)11-18(17)24-20)19(25)22-16-8-4-6-13-5-2-3-7-15(13)16/h2-3,5,7,9-12,16H,4,6,8H2,1H3,(H,22,25)(H,23,24)/t12-,16+/m0/s1. The largest absolute Gasteiger partial charge is 0.348 e. The van der Waals surface area contributed by atoms with Crippen LogP contribution < -0.4 is 5.32 Å². The van der Waals surface area contributed by atoms with Crippen LogP contribution in [0.25, 0.3) is 11.0 Å². The Kier molecular flexibility index (Phi) is 4.92. The smallest absolute Gasteiger partial charge is 0.233 e. The number of H-pyrrole nitrogens is 1. The lowest BCUT2D eigenvalue weighted by Gasteiger charge is -2.27. The lowest BCUT2D eigenvalue weighted by molar-refractivity contribution is -0.121. The summed E-state index contributed by atoms with van der Waals surface area (Å²) in [7, 11) is 0. The monoisotopic (exact) mass is 385 g/mol. The molecule has 0 saturated heterocycles. The van der Waals surface area contributed by atoms with Crippen LogP contribution in [-0.2, 0) is 11.2 Å². The van der Waals surface area contributed by atoms with Crippen molar-refractivity contribution >= 4 is 40.3 Å². The third-order valence-electron chi connectivity index (χ3n) is 4.77. The first-order valence-corrected chi connectivity index (χ1v) is 10.1. The van der Waals surface area contributed by atoms with E-state index in [2.05, 4.69) is 33.5 Å². The number of amides is 1. The summed E-state index contributed by atoms with van der Waals surface area (Å²) in [5, 5.41) is 4.38. The van der Waals surface area contributed by atoms with Crippen LogP contribution in [0, 0.1) is 0 Å². The topological polar surface area (TPSA) is 57.8 Å². The first-order valence-electron chi connectivity index (χ1n) is 8.80. The second-order valence-corrected chi connectivity index (χ2v) is 8.38. The highest BCUT2D eigenvalue weighted by Crippen LogP contribution is 2.30. The Morgan fingerprint density at radius 2 is 2.19 bits per heavy atom. The molecular weight excluding hydrogens is 366 g/mol. The summed E-state index contributed by atoms with van der Waals surface area (Å²) in [6, 6.07) is 14.0. The maximum atomic E-state index is 12.7. The van der Waals surface area contributed by atoms with Crippen molar-refractivity contribution in [2.45, 2.75) is 42.6 Å². The molecule has 1 amide bonds. The molecule has 0 unspecified atom stereocenters. The van der Waals surface area contributed by atoms with E-state index >= 15 is 0 Å². The Morgan fingerprint density at radius 1 is 1.35 bits per heavy atom. The maximum Gasteiger partial charge on any atom is 0.233 e. The molecule has 4 nitrogen and oxygen atoms in total. The molecule has 1 aromatic heterocycles. The van der Waals surface area contributed by atoms with Crippen LogP contribution >= 0.6 is 23.4 Å². The van der Waals surface area contributed by atoms with E-state index in [0.717, 1.165) is 35.5 Å². The van der Waals surface area contributed by atoms with Gasteiger partial charge in [0, 0.05) is 5.02 Å². The van der Waals surface area contributed by atoms with Gasteiger partial charge in [0.15, 0.2) is 5.16 Å². The van der Waals surface area contributed by atoms with E-state index in [1.165, 1.54) is 22.9 Å². The van der Waals surface area contributed by atoms with Gasteiger partial charge in [0.2, 0.25) is 5.91 Å². The van der Waals surface area contributed by atoms with Crippen LogP contribution in [0.2, 0.25) is 5.02 Å². The summed E-state index contributed by atoms with van der Waals surface area (Å²) in [5.74, 6) is 0.0372. The van der Waals surface area contributed by atoms with Gasteiger partial charge in [-0.25, -0.2) is 4.98 Å². The Hall–Kier alpha value is -1.98. The molecule has 134 valence electrons. The summed E-state index contributed by atoms with van der Waals surface area (Å²) in [6.07, 6.45) is 3.19. The maximum absolute atomic E-state index is 12.7. The molecule has 6 heteroatoms. The zero-order chi connectivity index (χ0) is 18.1. The fraction of sp³-hybridized carbons (Fsp3) is 0.300. The van der Waals surface area contributed by atoms with Gasteiger partial charge in [-0.2, -0.15) is 0 Å². The number of hydrogen-bond donors (Lipinski definition) is 2. The molecule has 1 aliphatic rings. The molecule has 1 heterocycles. The van der Waals surface area contributed by atoms with E-state index in [4.69, 9.17) is 11.6 Å². The van der Waals surface area contributed by atoms with Crippen LogP contribution in [0.1, 0.15) is 36.9 Å². The van der Waals surface area contributed by atoms with Crippen molar-refractivity contribution in [3.8, 4) is 0 Å². The van der Waals surface area contributed by atoms with E-state index in [9.17, 15) is 4.79 Å². The molecule has 26 heavy (non-hydrogen) atoms. The number of carbonyl (C=O) groups is 1. The number of nitrogens with zero attached hydrogens (tertiary/aromatic N) is 1. The van der Waals surface area contributed by atoms with Crippen molar-refractivity contribution in [2.24, 2.45) is 0 Å². The first kappa shape index (κ1) is 17.4. The fourth-order valence-electron chi connectivity index (χ4n) is 3.43. The highest BCUT2D eigenvalue weighted by molar-refractivity contribution is 8.00. The second-order valence-electron chi connectivity index (χ2n) is 6.62. The fourth-order valence-corrected chi connectivity index (χ4v) is 4.43. The van der Waals surface area contributed by atoms with Crippen molar-refractivity contribution in [1.82, 2.24) is 15.3 Å². The number of rotatable bonds is 4. The molecule has 2 atom stereocenters. The normalized spacial score (nSPS) is 17.7. The first-order chi connectivity index (χ1) is 12.6. The van der Waals surface area contributed by atoms with Crippen LogP contribution in [0.3, 0.4) is 0 Å². The van der Waals surface area contributed by atoms with E-state index < -0.39 is 0 Å². The van der Waals surface area contributed by atoms with Crippen LogP contribution in [0.15, 0.2) is 47.6 Å². The van der Waals surface area contributed by atoms with Crippen molar-refractivity contribution in [2.75, 3.05) is 0 Å². The number of halogens is 1. The lowest BCUT2D eigenvalue weighted by Crippen LogP contribution is -2.35. The van der Waals surface area contributed by atoms with Gasteiger partial charge >= 0.3 is 0 Å². The number of fused-ring (bicyclic) bond motifs is 2. The van der Waals surface area contributed by atoms with Crippen molar-refractivity contribution < 1.29 is 4.79 Å². The molecular formula is C20H20ClN3OS. The molecule has 0 radical (unpaired) electrons. The molecule has 4 rings (SSSR count). The van der Waals surface area contributed by atoms with Crippen LogP contribution in [0.4, 0.5) is 0 Å². The molecule has 0 fully saturated rings. The molecule has 0 spiro atoms. The Balaban J connectivity index is 1.45. The molecule has 2 N–H and O–H groups in total. The number of benzene rings is 2. The minimum atomic E-state index is -0.236. The number of hydrogen-bond acceptors (Lipinski definition) is 3. The average Bonchev–Trinajstić information content (AvgIpc) is 3.03. The number of aromatic nitrogens is 2. The Bertz CT molecular complexity index is 955. The van der Waals surface area contributed by atoms with Crippen LogP contribution in [0.5, 0.6) is 0 Å². The number of aryl methyl sites for hydroxylation is 1. The summed E-state index contributed by atoms with van der Waals surface area (Å²) in [4.78, 5) is 20.5. The van der Waals surface area contributed by atoms with Gasteiger partial charge in [-0.1, -0.05) is 47.6 Å². The van der Waals surface area contributed by atoms with Crippen LogP contribution in [-0.4, -0.2) is 21.1 Å². The highest BCUT2D eigenvalue weighted by atomic mass is 35.5. The van der Waals surface area contributed by atoms with E-state index in [0.29, 0.717) is 5.02 Å². The number of imidazole rings is 1. The number of aromatic amines is 1. The average molecular weight is 386 g/mol. The number of nitrogens with one attached hydrogen (secondary N) is 2. The SMILES string of the molecule is C[C@H](Sc1nc2ccc(Cl)cc2[nH]1)C(=O)N[C@@H]1CCCc2ccccc21. The highest BCUT2D eigenvalue weighted by Gasteiger charge is 2.24. The summed E-state index contributed by atoms with van der Waals surface area (Å²) < 4.78 is 0. The van der Waals surface area contributed by atoms with Gasteiger partial charge in [-0.15, -0.1) is 0 Å². The minimum absolute atomic E-state index is 0.0372. The number of carbonyl (C=O) groups excluding carboxylic acids is 1. The summed E-state index contributed by atoms with van der Waals surface area (Å²) in [5.41, 5.74) is 4.33. The zero-order valence-corrected chi connectivity index (χ0v) is 16.0. The Morgan fingerprint density at radius 3 is 3.08 bits per heavy atom. The van der Waals surface area contributed by atoms with E-state index in [1.54, 1.807) is 0 Å². The molecule has 0 bridgehead atoms. The molecule has 2 aromatic carbocycles. The molecule has 1 aliphatic carbocycles. The zero-order valence-electron chi connectivity index (χ0n) is 14.5. The van der Waals surface area contributed by atoms with Gasteiger partial charge in [-0.05, 0) is 55.5 Å². The second kappa shape index (κ2) is 7.33. The van der Waals surface area contributed by atoms with Gasteiger partial charge < -0.3 is 10.3 Å². The number of thioether (sulfide) groups is 1. The third-order valence-corrected chi connectivity index (χ3v) is 5.99. The minimum Gasteiger partial charge on any atom is -0.348 e. The van der Waals surface area contributed by atoms with Gasteiger partial charge in [0.25, 0.3) is 0 Å². The predicted molar refractivity (Wildman–Crippen MR) is 107 cm³/mol. The van der Waals surface area contributed by atoms with E-state index in [1.807, 2.05) is 31.2 Å². The molecule has 0 aliphatic heterocycles.